The molecule has 0 saturated heterocycles. The number of carbonyl (C=O) groups excluding carboxylic acids is 1. The van der Waals surface area contributed by atoms with Crippen LogP contribution in [0.2, 0.25) is 0 Å². The van der Waals surface area contributed by atoms with Gasteiger partial charge in [0.1, 0.15) is 0 Å². The van der Waals surface area contributed by atoms with Crippen molar-refractivity contribution in [1.29, 1.82) is 0 Å². The van der Waals surface area contributed by atoms with Crippen molar-refractivity contribution in [3.05, 3.63) is 53.6 Å². The highest BCUT2D eigenvalue weighted by Gasteiger charge is 2.27. The summed E-state index contributed by atoms with van der Waals surface area (Å²) in [6.45, 7) is 0. The molecule has 4 nitrogen and oxygen atoms in total. The molecule has 18 heavy (non-hydrogen) atoms. The van der Waals surface area contributed by atoms with Crippen LogP contribution in [-0.2, 0) is 10.1 Å². The van der Waals surface area contributed by atoms with E-state index in [0.29, 0.717) is 16.7 Å². The molecule has 0 aliphatic heterocycles. The van der Waals surface area contributed by atoms with E-state index >= 15 is 0 Å². The van der Waals surface area contributed by atoms with Crippen molar-refractivity contribution in [1.82, 2.24) is 0 Å². The van der Waals surface area contributed by atoms with E-state index in [9.17, 15) is 13.2 Å². The molecule has 0 atom stereocenters. The molecule has 0 heterocycles. The number of ketones is 1. The maximum Gasteiger partial charge on any atom is 0.294 e. The fraction of sp³-hybridized carbons (Fsp3) is 0. The van der Waals surface area contributed by atoms with E-state index in [2.05, 4.69) is 0 Å². The summed E-state index contributed by atoms with van der Waals surface area (Å²) in [6, 6.07) is 11.1. The van der Waals surface area contributed by atoms with E-state index in [1.807, 2.05) is 12.1 Å². The van der Waals surface area contributed by atoms with E-state index in [1.165, 1.54) is 12.1 Å². The lowest BCUT2D eigenvalue weighted by molar-refractivity contribution is 0.104. The number of benzene rings is 2. The van der Waals surface area contributed by atoms with Crippen LogP contribution in [0.3, 0.4) is 0 Å². The third-order valence-electron chi connectivity index (χ3n) is 3.00. The fourth-order valence-corrected chi connectivity index (χ4v) is 2.67. The van der Waals surface area contributed by atoms with Gasteiger partial charge in [-0.05, 0) is 23.3 Å². The molecule has 0 aromatic heterocycles. The summed E-state index contributed by atoms with van der Waals surface area (Å²) in [4.78, 5) is 11.8. The zero-order chi connectivity index (χ0) is 12.9. The molecule has 1 aliphatic rings. The van der Waals surface area contributed by atoms with E-state index in [4.69, 9.17) is 4.55 Å². The van der Waals surface area contributed by atoms with Gasteiger partial charge in [0.25, 0.3) is 10.1 Å². The summed E-state index contributed by atoms with van der Waals surface area (Å²) >= 11 is 0. The quantitative estimate of drug-likeness (QED) is 0.680. The summed E-state index contributed by atoms with van der Waals surface area (Å²) in [5, 5.41) is 0. The normalized spacial score (nSPS) is 13.3. The summed E-state index contributed by atoms with van der Waals surface area (Å²) in [6.07, 6.45) is 0. The summed E-state index contributed by atoms with van der Waals surface area (Å²) < 4.78 is 31.1. The Morgan fingerprint density at radius 3 is 2.11 bits per heavy atom. The predicted octanol–water partition coefficient (Wildman–Crippen LogP) is 2.14. The standard InChI is InChI=1S/C13H8O4S/c14-13-11-4-2-1-3-9(11)10-6-5-8(7-12(10)13)18(15,16)17/h1-7H,(H,15,16,17). The van der Waals surface area contributed by atoms with Crippen molar-refractivity contribution in [2.45, 2.75) is 4.90 Å². The zero-order valence-electron chi connectivity index (χ0n) is 9.12. The zero-order valence-corrected chi connectivity index (χ0v) is 9.94. The SMILES string of the molecule is O=C1c2ccccc2-c2ccc(S(=O)(=O)O)cc21. The molecule has 0 amide bonds. The Bertz CT molecular complexity index is 775. The third kappa shape index (κ3) is 1.48. The van der Waals surface area contributed by atoms with Crippen molar-refractivity contribution < 1.29 is 17.8 Å². The minimum atomic E-state index is -4.29. The highest BCUT2D eigenvalue weighted by atomic mass is 32.2. The van der Waals surface area contributed by atoms with Crippen LogP contribution in [0, 0.1) is 0 Å². The Hall–Kier alpha value is -1.98. The minimum Gasteiger partial charge on any atom is -0.289 e. The van der Waals surface area contributed by atoms with Crippen molar-refractivity contribution in [3.8, 4) is 11.1 Å². The van der Waals surface area contributed by atoms with Gasteiger partial charge in [-0.15, -0.1) is 0 Å². The minimum absolute atomic E-state index is 0.217. The molecule has 0 unspecified atom stereocenters. The van der Waals surface area contributed by atoms with E-state index in [1.54, 1.807) is 18.2 Å². The van der Waals surface area contributed by atoms with Crippen LogP contribution in [0.25, 0.3) is 11.1 Å². The van der Waals surface area contributed by atoms with Gasteiger partial charge in [0.2, 0.25) is 0 Å². The first-order valence-electron chi connectivity index (χ1n) is 5.24. The first-order chi connectivity index (χ1) is 8.48. The second-order valence-corrected chi connectivity index (χ2v) is 5.48. The molecular formula is C13H8O4S. The molecule has 0 spiro atoms. The largest absolute Gasteiger partial charge is 0.294 e. The molecule has 5 heteroatoms. The average Bonchev–Trinajstić information content (AvgIpc) is 2.63. The lowest BCUT2D eigenvalue weighted by Gasteiger charge is -2.01. The van der Waals surface area contributed by atoms with Crippen LogP contribution in [0.1, 0.15) is 15.9 Å². The van der Waals surface area contributed by atoms with Gasteiger partial charge in [-0.1, -0.05) is 30.3 Å². The van der Waals surface area contributed by atoms with Crippen molar-refractivity contribution in [3.63, 3.8) is 0 Å². The third-order valence-corrected chi connectivity index (χ3v) is 3.85. The van der Waals surface area contributed by atoms with Gasteiger partial charge in [-0.25, -0.2) is 0 Å². The molecule has 0 bridgehead atoms. The molecule has 90 valence electrons. The molecule has 2 aromatic rings. The molecule has 1 aliphatic carbocycles. The van der Waals surface area contributed by atoms with Gasteiger partial charge >= 0.3 is 0 Å². The number of fused-ring (bicyclic) bond motifs is 3. The molecule has 1 N–H and O–H groups in total. The van der Waals surface area contributed by atoms with Crippen molar-refractivity contribution >= 4 is 15.9 Å². The predicted molar refractivity (Wildman–Crippen MR) is 65.1 cm³/mol. The van der Waals surface area contributed by atoms with Gasteiger partial charge in [-0.3, -0.25) is 9.35 Å². The topological polar surface area (TPSA) is 71.4 Å². The van der Waals surface area contributed by atoms with Crippen LogP contribution < -0.4 is 0 Å². The second kappa shape index (κ2) is 3.51. The molecular weight excluding hydrogens is 252 g/mol. The number of rotatable bonds is 1. The molecule has 0 fully saturated rings. The second-order valence-electron chi connectivity index (χ2n) is 4.06. The summed E-state index contributed by atoms with van der Waals surface area (Å²) in [5.74, 6) is -0.217. The van der Waals surface area contributed by atoms with Crippen LogP contribution in [0.5, 0.6) is 0 Å². The number of carbonyl (C=O) groups is 1. The fourth-order valence-electron chi connectivity index (χ4n) is 2.17. The van der Waals surface area contributed by atoms with E-state index in [-0.39, 0.29) is 10.7 Å². The van der Waals surface area contributed by atoms with Gasteiger partial charge < -0.3 is 0 Å². The monoisotopic (exact) mass is 260 g/mol. The molecule has 3 rings (SSSR count). The first-order valence-corrected chi connectivity index (χ1v) is 6.68. The highest BCUT2D eigenvalue weighted by Crippen LogP contribution is 2.37. The average molecular weight is 260 g/mol. The van der Waals surface area contributed by atoms with Gasteiger partial charge in [0, 0.05) is 11.1 Å². The Kier molecular flexibility index (Phi) is 2.17. The van der Waals surface area contributed by atoms with E-state index in [0.717, 1.165) is 5.56 Å². The van der Waals surface area contributed by atoms with Gasteiger partial charge in [0.15, 0.2) is 5.78 Å². The maximum atomic E-state index is 12.1. The van der Waals surface area contributed by atoms with Crippen LogP contribution in [0.4, 0.5) is 0 Å². The molecule has 0 saturated carbocycles. The van der Waals surface area contributed by atoms with Crippen molar-refractivity contribution in [2.75, 3.05) is 0 Å². The molecule has 0 radical (unpaired) electrons. The van der Waals surface area contributed by atoms with Crippen LogP contribution in [0.15, 0.2) is 47.4 Å². The van der Waals surface area contributed by atoms with Crippen LogP contribution in [-0.4, -0.2) is 18.8 Å². The highest BCUT2D eigenvalue weighted by molar-refractivity contribution is 7.85. The van der Waals surface area contributed by atoms with E-state index < -0.39 is 10.1 Å². The maximum absolute atomic E-state index is 12.1. The lowest BCUT2D eigenvalue weighted by Crippen LogP contribution is -2.01. The summed E-state index contributed by atoms with van der Waals surface area (Å²) in [7, 11) is -4.29. The lowest BCUT2D eigenvalue weighted by atomic mass is 10.1. The Morgan fingerprint density at radius 1 is 0.833 bits per heavy atom. The first kappa shape index (κ1) is 11.1. The molecule has 2 aromatic carbocycles. The smallest absolute Gasteiger partial charge is 0.289 e. The van der Waals surface area contributed by atoms with Gasteiger partial charge in [0.05, 0.1) is 4.90 Å². The number of hydrogen-bond donors (Lipinski definition) is 1. The summed E-state index contributed by atoms with van der Waals surface area (Å²) in [5.41, 5.74) is 2.36. The Morgan fingerprint density at radius 2 is 1.44 bits per heavy atom. The Labute approximate surface area is 104 Å². The van der Waals surface area contributed by atoms with Gasteiger partial charge in [-0.2, -0.15) is 8.42 Å². The van der Waals surface area contributed by atoms with Crippen molar-refractivity contribution in [2.24, 2.45) is 0 Å². The Balaban J connectivity index is 2.30. The number of hydrogen-bond acceptors (Lipinski definition) is 3. The van der Waals surface area contributed by atoms with Crippen LogP contribution >= 0.6 is 0 Å².